The highest BCUT2D eigenvalue weighted by atomic mass is 16.3. The van der Waals surface area contributed by atoms with Gasteiger partial charge in [-0.15, -0.1) is 0 Å². The molecule has 0 radical (unpaired) electrons. The number of rotatable bonds is 7. The van der Waals surface area contributed by atoms with Crippen molar-refractivity contribution in [1.82, 2.24) is 0 Å². The number of carbonyl (C=O) groups is 1. The van der Waals surface area contributed by atoms with Gasteiger partial charge < -0.3 is 5.11 Å². The highest BCUT2D eigenvalue weighted by molar-refractivity contribution is 5.87. The van der Waals surface area contributed by atoms with E-state index in [9.17, 15) is 9.90 Å². The monoisotopic (exact) mass is 198 g/mol. The maximum absolute atomic E-state index is 11.3. The van der Waals surface area contributed by atoms with Crippen LogP contribution in [-0.2, 0) is 4.79 Å². The van der Waals surface area contributed by atoms with Gasteiger partial charge in [0.25, 0.3) is 0 Å². The molecule has 0 saturated heterocycles. The first-order chi connectivity index (χ1) is 6.48. The molecule has 2 nitrogen and oxygen atoms in total. The van der Waals surface area contributed by atoms with Gasteiger partial charge in [-0.1, -0.05) is 31.9 Å². The fraction of sp³-hybridized carbons (Fsp3) is 0.750. The Morgan fingerprint density at radius 3 is 2.43 bits per heavy atom. The van der Waals surface area contributed by atoms with Gasteiger partial charge in [-0.3, -0.25) is 4.79 Å². The van der Waals surface area contributed by atoms with Crippen LogP contribution in [0.15, 0.2) is 12.2 Å². The molecule has 0 atom stereocenters. The summed E-state index contributed by atoms with van der Waals surface area (Å²) in [6.07, 6.45) is 8.90. The lowest BCUT2D eigenvalue weighted by atomic mass is 10.0. The van der Waals surface area contributed by atoms with Gasteiger partial charge in [0.1, 0.15) is 5.60 Å². The highest BCUT2D eigenvalue weighted by Gasteiger charge is 2.21. The molecule has 0 aliphatic rings. The molecule has 0 fully saturated rings. The molecule has 0 spiro atoms. The van der Waals surface area contributed by atoms with Crippen LogP contribution in [0.2, 0.25) is 0 Å². The first kappa shape index (κ1) is 13.4. The van der Waals surface area contributed by atoms with E-state index < -0.39 is 5.60 Å². The second-order valence-corrected chi connectivity index (χ2v) is 4.15. The van der Waals surface area contributed by atoms with E-state index >= 15 is 0 Å². The van der Waals surface area contributed by atoms with Crippen molar-refractivity contribution >= 4 is 5.78 Å². The molecule has 2 heteroatoms. The normalized spacial score (nSPS) is 12.3. The standard InChI is InChI=1S/C12H22O2/c1-4-5-6-7-8-9-10-11(13)12(2,3)14/h8-9,14H,4-7,10H2,1-3H3/b9-8+. The molecule has 0 aliphatic heterocycles. The minimum absolute atomic E-state index is 0.121. The lowest BCUT2D eigenvalue weighted by Gasteiger charge is -2.13. The molecule has 1 N–H and O–H groups in total. The van der Waals surface area contributed by atoms with Crippen molar-refractivity contribution in [2.75, 3.05) is 0 Å². The van der Waals surface area contributed by atoms with Crippen LogP contribution in [0.3, 0.4) is 0 Å². The van der Waals surface area contributed by atoms with Crippen LogP contribution in [0.1, 0.15) is 52.9 Å². The topological polar surface area (TPSA) is 37.3 Å². The number of aliphatic hydroxyl groups is 1. The van der Waals surface area contributed by atoms with E-state index in [1.54, 1.807) is 0 Å². The summed E-state index contributed by atoms with van der Waals surface area (Å²) in [4.78, 5) is 11.3. The van der Waals surface area contributed by atoms with Crippen molar-refractivity contribution in [3.8, 4) is 0 Å². The number of unbranched alkanes of at least 4 members (excludes halogenated alkanes) is 3. The maximum atomic E-state index is 11.3. The smallest absolute Gasteiger partial charge is 0.167 e. The van der Waals surface area contributed by atoms with Gasteiger partial charge in [0.2, 0.25) is 0 Å². The van der Waals surface area contributed by atoms with E-state index in [-0.39, 0.29) is 5.78 Å². The summed E-state index contributed by atoms with van der Waals surface area (Å²) in [5.74, 6) is -0.121. The van der Waals surface area contributed by atoms with Crippen LogP contribution in [0.5, 0.6) is 0 Å². The molecule has 0 aromatic rings. The number of hydrogen-bond acceptors (Lipinski definition) is 2. The van der Waals surface area contributed by atoms with Crippen molar-refractivity contribution in [2.24, 2.45) is 0 Å². The molecule has 0 amide bonds. The second-order valence-electron chi connectivity index (χ2n) is 4.15. The predicted molar refractivity (Wildman–Crippen MR) is 59.2 cm³/mol. The van der Waals surface area contributed by atoms with E-state index in [1.807, 2.05) is 12.2 Å². The van der Waals surface area contributed by atoms with Crippen molar-refractivity contribution < 1.29 is 9.90 Å². The minimum Gasteiger partial charge on any atom is -0.383 e. The van der Waals surface area contributed by atoms with Crippen LogP contribution < -0.4 is 0 Å². The SMILES string of the molecule is CCCCC/C=C/CC(=O)C(C)(C)O. The third-order valence-electron chi connectivity index (χ3n) is 2.13. The zero-order valence-electron chi connectivity index (χ0n) is 9.55. The van der Waals surface area contributed by atoms with Gasteiger partial charge in [0, 0.05) is 6.42 Å². The van der Waals surface area contributed by atoms with E-state index in [0.29, 0.717) is 6.42 Å². The first-order valence-corrected chi connectivity index (χ1v) is 5.39. The van der Waals surface area contributed by atoms with Crippen molar-refractivity contribution in [3.63, 3.8) is 0 Å². The molecule has 0 aromatic heterocycles. The first-order valence-electron chi connectivity index (χ1n) is 5.39. The molecule has 0 aliphatic carbocycles. The third-order valence-corrected chi connectivity index (χ3v) is 2.13. The summed E-state index contributed by atoms with van der Waals surface area (Å²) in [6, 6.07) is 0. The molecule has 0 saturated carbocycles. The van der Waals surface area contributed by atoms with Crippen molar-refractivity contribution in [2.45, 2.75) is 58.5 Å². The van der Waals surface area contributed by atoms with Gasteiger partial charge in [0.05, 0.1) is 0 Å². The van der Waals surface area contributed by atoms with Crippen LogP contribution in [0.25, 0.3) is 0 Å². The van der Waals surface area contributed by atoms with Crippen LogP contribution >= 0.6 is 0 Å². The number of ketones is 1. The van der Waals surface area contributed by atoms with E-state index in [0.717, 1.165) is 6.42 Å². The summed E-state index contributed by atoms with van der Waals surface area (Å²) in [7, 11) is 0. The maximum Gasteiger partial charge on any atom is 0.167 e. The van der Waals surface area contributed by atoms with Gasteiger partial charge in [-0.05, 0) is 26.7 Å². The van der Waals surface area contributed by atoms with Crippen molar-refractivity contribution in [1.29, 1.82) is 0 Å². The fourth-order valence-electron chi connectivity index (χ4n) is 1.07. The Morgan fingerprint density at radius 2 is 1.93 bits per heavy atom. The van der Waals surface area contributed by atoms with Crippen LogP contribution in [0.4, 0.5) is 0 Å². The minimum atomic E-state index is -1.19. The zero-order chi connectivity index (χ0) is 11.0. The average Bonchev–Trinajstić information content (AvgIpc) is 2.09. The van der Waals surface area contributed by atoms with Crippen LogP contribution in [0, 0.1) is 0 Å². The van der Waals surface area contributed by atoms with E-state index in [1.165, 1.54) is 33.1 Å². The van der Waals surface area contributed by atoms with Gasteiger partial charge in [0.15, 0.2) is 5.78 Å². The Balaban J connectivity index is 3.57. The van der Waals surface area contributed by atoms with Gasteiger partial charge >= 0.3 is 0 Å². The Kier molecular flexibility index (Phi) is 6.46. The molecule has 82 valence electrons. The van der Waals surface area contributed by atoms with E-state index in [4.69, 9.17) is 0 Å². The lowest BCUT2D eigenvalue weighted by molar-refractivity contribution is -0.133. The fourth-order valence-corrected chi connectivity index (χ4v) is 1.07. The molecule has 14 heavy (non-hydrogen) atoms. The molecular formula is C12H22O2. The quantitative estimate of drug-likeness (QED) is 0.504. The van der Waals surface area contributed by atoms with Gasteiger partial charge in [-0.2, -0.15) is 0 Å². The number of allylic oxidation sites excluding steroid dienone is 2. The summed E-state index contributed by atoms with van der Waals surface area (Å²) in [6.45, 7) is 5.22. The zero-order valence-corrected chi connectivity index (χ0v) is 9.55. The van der Waals surface area contributed by atoms with E-state index in [2.05, 4.69) is 6.92 Å². The third kappa shape index (κ3) is 6.84. The molecule has 0 heterocycles. The number of carbonyl (C=O) groups excluding carboxylic acids is 1. The Morgan fingerprint density at radius 1 is 1.29 bits per heavy atom. The molecule has 0 aromatic carbocycles. The Hall–Kier alpha value is -0.630. The summed E-state index contributed by atoms with van der Waals surface area (Å²) in [5.41, 5.74) is -1.19. The predicted octanol–water partition coefficient (Wildman–Crippen LogP) is 2.85. The molecule has 0 rings (SSSR count). The summed E-state index contributed by atoms with van der Waals surface area (Å²) < 4.78 is 0. The Labute approximate surface area is 87.0 Å². The Bertz CT molecular complexity index is 187. The summed E-state index contributed by atoms with van der Waals surface area (Å²) in [5, 5.41) is 9.34. The molecule has 0 bridgehead atoms. The summed E-state index contributed by atoms with van der Waals surface area (Å²) >= 11 is 0. The number of Topliss-reactive ketones (excluding diaryl/α,β-unsaturated/α-hetero) is 1. The molecular weight excluding hydrogens is 176 g/mol. The van der Waals surface area contributed by atoms with Gasteiger partial charge in [-0.25, -0.2) is 0 Å². The largest absolute Gasteiger partial charge is 0.383 e. The second kappa shape index (κ2) is 6.77. The van der Waals surface area contributed by atoms with Crippen molar-refractivity contribution in [3.05, 3.63) is 12.2 Å². The van der Waals surface area contributed by atoms with Crippen LogP contribution in [-0.4, -0.2) is 16.5 Å². The molecule has 0 unspecified atom stereocenters. The lowest BCUT2D eigenvalue weighted by Crippen LogP contribution is -2.30. The average molecular weight is 198 g/mol. The highest BCUT2D eigenvalue weighted by Crippen LogP contribution is 2.07. The number of hydrogen-bond donors (Lipinski definition) is 1.